The highest BCUT2D eigenvalue weighted by molar-refractivity contribution is 7.14. The highest BCUT2D eigenvalue weighted by Gasteiger charge is 2.22. The van der Waals surface area contributed by atoms with Gasteiger partial charge in [0.2, 0.25) is 5.91 Å². The molecule has 1 amide bonds. The van der Waals surface area contributed by atoms with E-state index in [1.54, 1.807) is 11.5 Å². The molecule has 0 radical (unpaired) electrons. The van der Waals surface area contributed by atoms with Gasteiger partial charge < -0.3 is 0 Å². The highest BCUT2D eigenvalue weighted by Crippen LogP contribution is 2.34. The summed E-state index contributed by atoms with van der Waals surface area (Å²) in [7, 11) is 0. The minimum Gasteiger partial charge on any atom is -0.289 e. The van der Waals surface area contributed by atoms with Crippen molar-refractivity contribution in [3.8, 4) is 0 Å². The van der Waals surface area contributed by atoms with E-state index < -0.39 is 17.5 Å². The molecule has 0 saturated heterocycles. The number of anilines is 2. The summed E-state index contributed by atoms with van der Waals surface area (Å²) in [6.07, 6.45) is 5.01. The number of carbonyl (C=O) groups is 2. The molecule has 1 aliphatic rings. The molecule has 4 aromatic rings. The van der Waals surface area contributed by atoms with Crippen LogP contribution in [0.1, 0.15) is 34.1 Å². The molecule has 0 spiro atoms. The second kappa shape index (κ2) is 8.33. The molecule has 0 bridgehead atoms. The molecule has 0 unspecified atom stereocenters. The molecule has 33 heavy (non-hydrogen) atoms. The van der Waals surface area contributed by atoms with Gasteiger partial charge in [0.1, 0.15) is 11.6 Å². The van der Waals surface area contributed by atoms with Crippen LogP contribution in [-0.4, -0.2) is 16.7 Å². The number of ketones is 1. The van der Waals surface area contributed by atoms with Crippen molar-refractivity contribution in [1.82, 2.24) is 4.98 Å². The van der Waals surface area contributed by atoms with Crippen molar-refractivity contribution in [3.05, 3.63) is 94.0 Å². The molecule has 164 valence electrons. The Labute approximate surface area is 192 Å². The van der Waals surface area contributed by atoms with Crippen LogP contribution in [0.4, 0.5) is 19.6 Å². The van der Waals surface area contributed by atoms with Crippen LogP contribution >= 0.6 is 11.3 Å². The molecule has 0 saturated carbocycles. The van der Waals surface area contributed by atoms with Crippen molar-refractivity contribution in [2.75, 3.05) is 4.90 Å². The van der Waals surface area contributed by atoms with E-state index in [1.165, 1.54) is 35.6 Å². The normalized spacial score (nSPS) is 12.6. The van der Waals surface area contributed by atoms with E-state index >= 15 is 0 Å². The van der Waals surface area contributed by atoms with Gasteiger partial charge in [-0.05, 0) is 59.0 Å². The first-order chi connectivity index (χ1) is 15.9. The lowest BCUT2D eigenvalue weighted by Crippen LogP contribution is -2.23. The van der Waals surface area contributed by atoms with Crippen LogP contribution < -0.4 is 4.90 Å². The van der Waals surface area contributed by atoms with E-state index in [4.69, 9.17) is 0 Å². The SMILES string of the molecule is CC(=O)N(c1nc(C=CC(=O)c2ccc3c4c(cccc24)CC3)cs1)c1ccc(F)cc1F. The van der Waals surface area contributed by atoms with E-state index in [9.17, 15) is 18.4 Å². The summed E-state index contributed by atoms with van der Waals surface area (Å²) in [5.74, 6) is -2.20. The van der Waals surface area contributed by atoms with Crippen molar-refractivity contribution in [2.45, 2.75) is 19.8 Å². The summed E-state index contributed by atoms with van der Waals surface area (Å²) in [5.41, 5.74) is 3.54. The number of hydrogen-bond donors (Lipinski definition) is 0. The number of aryl methyl sites for hydroxylation is 2. The zero-order valence-corrected chi connectivity index (χ0v) is 18.5. The second-order valence-corrected chi connectivity index (χ2v) is 8.65. The number of halogens is 2. The van der Waals surface area contributed by atoms with Gasteiger partial charge in [0.05, 0.1) is 11.4 Å². The Morgan fingerprint density at radius 1 is 1.06 bits per heavy atom. The molecule has 0 atom stereocenters. The third-order valence-electron chi connectivity index (χ3n) is 5.71. The van der Waals surface area contributed by atoms with E-state index in [0.29, 0.717) is 11.3 Å². The van der Waals surface area contributed by atoms with Crippen LogP contribution in [-0.2, 0) is 17.6 Å². The third kappa shape index (κ3) is 3.85. The van der Waals surface area contributed by atoms with Gasteiger partial charge in [-0.2, -0.15) is 0 Å². The highest BCUT2D eigenvalue weighted by atomic mass is 32.1. The minimum absolute atomic E-state index is 0.0854. The fourth-order valence-electron chi connectivity index (χ4n) is 4.24. The number of rotatable bonds is 5. The third-order valence-corrected chi connectivity index (χ3v) is 6.56. The Hall–Kier alpha value is -3.71. The number of thiazole rings is 1. The van der Waals surface area contributed by atoms with Crippen LogP contribution in [0.15, 0.2) is 60.0 Å². The smallest absolute Gasteiger partial charge is 0.230 e. The average Bonchev–Trinajstić information content (AvgIpc) is 3.42. The van der Waals surface area contributed by atoms with Crippen molar-refractivity contribution < 1.29 is 18.4 Å². The molecule has 5 rings (SSSR count). The summed E-state index contributed by atoms with van der Waals surface area (Å²) in [6, 6.07) is 12.9. The number of nitrogens with zero attached hydrogens (tertiary/aromatic N) is 2. The average molecular weight is 461 g/mol. The summed E-state index contributed by atoms with van der Waals surface area (Å²) in [6.45, 7) is 1.28. The maximum atomic E-state index is 14.3. The Bertz CT molecular complexity index is 1450. The largest absolute Gasteiger partial charge is 0.289 e. The van der Waals surface area contributed by atoms with E-state index in [0.717, 1.165) is 46.6 Å². The van der Waals surface area contributed by atoms with Crippen molar-refractivity contribution in [2.24, 2.45) is 0 Å². The first-order valence-electron chi connectivity index (χ1n) is 10.4. The number of allylic oxidation sites excluding steroid dienone is 1. The van der Waals surface area contributed by atoms with Gasteiger partial charge in [-0.15, -0.1) is 11.3 Å². The summed E-state index contributed by atoms with van der Waals surface area (Å²) in [4.78, 5) is 30.6. The molecule has 0 fully saturated rings. The van der Waals surface area contributed by atoms with Crippen LogP contribution in [0.2, 0.25) is 0 Å². The van der Waals surface area contributed by atoms with Gasteiger partial charge in [0, 0.05) is 23.9 Å². The number of carbonyl (C=O) groups excluding carboxylic acids is 2. The van der Waals surface area contributed by atoms with E-state index in [-0.39, 0.29) is 16.6 Å². The zero-order valence-electron chi connectivity index (χ0n) is 17.6. The summed E-state index contributed by atoms with van der Waals surface area (Å²) >= 11 is 1.13. The van der Waals surface area contributed by atoms with Crippen LogP contribution in [0.5, 0.6) is 0 Å². The van der Waals surface area contributed by atoms with Crippen molar-refractivity contribution in [3.63, 3.8) is 0 Å². The van der Waals surface area contributed by atoms with Gasteiger partial charge in [-0.25, -0.2) is 13.8 Å². The summed E-state index contributed by atoms with van der Waals surface area (Å²) in [5, 5.41) is 4.02. The van der Waals surface area contributed by atoms with Crippen LogP contribution in [0, 0.1) is 11.6 Å². The first kappa shape index (κ1) is 21.2. The maximum absolute atomic E-state index is 14.3. The molecule has 1 aliphatic carbocycles. The fraction of sp³-hybridized carbons (Fsp3) is 0.115. The minimum atomic E-state index is -0.861. The number of aromatic nitrogens is 1. The molecule has 1 aromatic heterocycles. The lowest BCUT2D eigenvalue weighted by atomic mass is 9.97. The molecule has 3 aromatic carbocycles. The standard InChI is InChI=1S/C26H18F2N2O2S/c1-15(31)30(23-11-8-18(27)13-22(23)28)26-29-19(14-33-26)9-12-24(32)20-10-7-17-6-5-16-3-2-4-21(20)25(16)17/h2-4,7-14H,5-6H2,1H3. The van der Waals surface area contributed by atoms with Crippen LogP contribution in [0.25, 0.3) is 16.8 Å². The molecule has 7 heteroatoms. The van der Waals surface area contributed by atoms with Gasteiger partial charge >= 0.3 is 0 Å². The van der Waals surface area contributed by atoms with Gasteiger partial charge in [-0.3, -0.25) is 14.5 Å². The lowest BCUT2D eigenvalue weighted by molar-refractivity contribution is -0.115. The number of amides is 1. The Morgan fingerprint density at radius 3 is 2.61 bits per heavy atom. The van der Waals surface area contributed by atoms with Gasteiger partial charge in [-0.1, -0.05) is 30.3 Å². The topological polar surface area (TPSA) is 50.3 Å². The lowest BCUT2D eigenvalue weighted by Gasteiger charge is -2.18. The summed E-state index contributed by atoms with van der Waals surface area (Å²) < 4.78 is 27.6. The predicted molar refractivity (Wildman–Crippen MR) is 126 cm³/mol. The fourth-order valence-corrected chi connectivity index (χ4v) is 5.09. The molecular formula is C26H18F2N2O2S. The maximum Gasteiger partial charge on any atom is 0.230 e. The quantitative estimate of drug-likeness (QED) is 0.261. The number of hydrogen-bond acceptors (Lipinski definition) is 4. The zero-order chi connectivity index (χ0) is 23.1. The molecular weight excluding hydrogens is 442 g/mol. The van der Waals surface area contributed by atoms with Gasteiger partial charge in [0.25, 0.3) is 0 Å². The molecule has 0 aliphatic heterocycles. The first-order valence-corrected chi connectivity index (χ1v) is 11.3. The van der Waals surface area contributed by atoms with Crippen molar-refractivity contribution >= 4 is 50.7 Å². The molecule has 4 nitrogen and oxygen atoms in total. The predicted octanol–water partition coefficient (Wildman–Crippen LogP) is 6.25. The Kier molecular flexibility index (Phi) is 5.34. The molecule has 0 N–H and O–H groups in total. The Morgan fingerprint density at radius 2 is 1.85 bits per heavy atom. The molecule has 1 heterocycles. The second-order valence-electron chi connectivity index (χ2n) is 7.81. The monoisotopic (exact) mass is 460 g/mol. The number of benzene rings is 3. The van der Waals surface area contributed by atoms with Gasteiger partial charge in [0.15, 0.2) is 10.9 Å². The van der Waals surface area contributed by atoms with E-state index in [1.807, 2.05) is 24.3 Å². The Balaban J connectivity index is 1.43. The van der Waals surface area contributed by atoms with Crippen molar-refractivity contribution in [1.29, 1.82) is 0 Å². The van der Waals surface area contributed by atoms with E-state index in [2.05, 4.69) is 11.1 Å². The van der Waals surface area contributed by atoms with Crippen LogP contribution in [0.3, 0.4) is 0 Å².